The Bertz CT molecular complexity index is 745. The number of nitriles is 1. The average Bonchev–Trinajstić information content (AvgIpc) is 2.47. The summed E-state index contributed by atoms with van der Waals surface area (Å²) in [6, 6.07) is 14.1. The van der Waals surface area contributed by atoms with Crippen molar-refractivity contribution >= 4 is 9.84 Å². The fourth-order valence-corrected chi connectivity index (χ4v) is 3.44. The third-order valence-corrected chi connectivity index (χ3v) is 4.64. The van der Waals surface area contributed by atoms with E-state index in [1.165, 1.54) is 18.2 Å². The van der Waals surface area contributed by atoms with Crippen molar-refractivity contribution in [3.8, 4) is 6.07 Å². The SMILES string of the molecule is N#Cc1ccccc1S(=O)(=O)c1ccccc1CO. The number of sulfone groups is 1. The van der Waals surface area contributed by atoms with Crippen LogP contribution in [0.4, 0.5) is 0 Å². The van der Waals surface area contributed by atoms with Crippen molar-refractivity contribution in [2.24, 2.45) is 0 Å². The Labute approximate surface area is 111 Å². The van der Waals surface area contributed by atoms with Gasteiger partial charge in [-0.15, -0.1) is 0 Å². The minimum Gasteiger partial charge on any atom is -0.392 e. The van der Waals surface area contributed by atoms with Gasteiger partial charge in [-0.3, -0.25) is 0 Å². The minimum absolute atomic E-state index is 0.0280. The number of hydrogen-bond acceptors (Lipinski definition) is 4. The Kier molecular flexibility index (Phi) is 3.65. The molecule has 0 aliphatic rings. The first-order chi connectivity index (χ1) is 9.11. The molecule has 0 aliphatic carbocycles. The highest BCUT2D eigenvalue weighted by atomic mass is 32.2. The van der Waals surface area contributed by atoms with Gasteiger partial charge in [0.1, 0.15) is 6.07 Å². The molecule has 0 spiro atoms. The summed E-state index contributed by atoms with van der Waals surface area (Å²) in [4.78, 5) is -0.0152. The normalized spacial score (nSPS) is 10.9. The van der Waals surface area contributed by atoms with Crippen LogP contribution in [0.5, 0.6) is 0 Å². The number of nitrogens with zero attached hydrogens (tertiary/aromatic N) is 1. The molecule has 0 radical (unpaired) electrons. The first-order valence-corrected chi connectivity index (χ1v) is 7.02. The number of hydrogen-bond donors (Lipinski definition) is 1. The lowest BCUT2D eigenvalue weighted by Crippen LogP contribution is -2.07. The molecular formula is C14H11NO3S. The molecule has 0 aliphatic heterocycles. The van der Waals surface area contributed by atoms with Gasteiger partial charge in [-0.05, 0) is 23.8 Å². The fourth-order valence-electron chi connectivity index (χ4n) is 1.81. The van der Waals surface area contributed by atoms with Gasteiger partial charge in [0.2, 0.25) is 9.84 Å². The van der Waals surface area contributed by atoms with E-state index in [-0.39, 0.29) is 22.0 Å². The van der Waals surface area contributed by atoms with E-state index in [1.54, 1.807) is 30.3 Å². The molecule has 0 saturated heterocycles. The molecule has 2 aromatic carbocycles. The molecule has 0 fully saturated rings. The molecule has 2 rings (SSSR count). The van der Waals surface area contributed by atoms with Crippen LogP contribution in [-0.2, 0) is 16.4 Å². The van der Waals surface area contributed by atoms with Crippen LogP contribution in [0, 0.1) is 11.3 Å². The Balaban J connectivity index is 2.70. The number of rotatable bonds is 3. The Morgan fingerprint density at radius 3 is 2.21 bits per heavy atom. The predicted octanol–water partition coefficient (Wildman–Crippen LogP) is 1.88. The molecule has 0 saturated carbocycles. The highest BCUT2D eigenvalue weighted by Crippen LogP contribution is 2.26. The van der Waals surface area contributed by atoms with Crippen LogP contribution in [0.15, 0.2) is 58.3 Å². The number of aliphatic hydroxyl groups is 1. The molecule has 0 unspecified atom stereocenters. The highest BCUT2D eigenvalue weighted by Gasteiger charge is 2.23. The topological polar surface area (TPSA) is 78.2 Å². The van der Waals surface area contributed by atoms with Gasteiger partial charge in [-0.1, -0.05) is 30.3 Å². The van der Waals surface area contributed by atoms with Crippen LogP contribution in [0.3, 0.4) is 0 Å². The lowest BCUT2D eigenvalue weighted by Gasteiger charge is -2.09. The second-order valence-corrected chi connectivity index (χ2v) is 5.76. The third-order valence-electron chi connectivity index (χ3n) is 2.73. The summed E-state index contributed by atoms with van der Waals surface area (Å²) in [6.07, 6.45) is 0. The zero-order valence-electron chi connectivity index (χ0n) is 9.95. The summed E-state index contributed by atoms with van der Waals surface area (Å²) < 4.78 is 25.1. The minimum atomic E-state index is -3.81. The van der Waals surface area contributed by atoms with E-state index in [4.69, 9.17) is 5.26 Å². The Hall–Kier alpha value is -2.16. The van der Waals surface area contributed by atoms with Gasteiger partial charge in [0.15, 0.2) is 0 Å². The average molecular weight is 273 g/mol. The first kappa shape index (κ1) is 13.3. The van der Waals surface area contributed by atoms with E-state index in [9.17, 15) is 13.5 Å². The number of aliphatic hydroxyl groups excluding tert-OH is 1. The zero-order chi connectivity index (χ0) is 13.9. The summed E-state index contributed by atoms with van der Waals surface area (Å²) in [6.45, 7) is -0.371. The van der Waals surface area contributed by atoms with E-state index >= 15 is 0 Å². The van der Waals surface area contributed by atoms with Crippen molar-refractivity contribution in [2.75, 3.05) is 0 Å². The molecule has 96 valence electrons. The van der Waals surface area contributed by atoms with E-state index in [1.807, 2.05) is 6.07 Å². The van der Waals surface area contributed by atoms with Gasteiger partial charge < -0.3 is 5.11 Å². The van der Waals surface area contributed by atoms with E-state index in [0.29, 0.717) is 5.56 Å². The van der Waals surface area contributed by atoms with E-state index in [0.717, 1.165) is 0 Å². The molecule has 2 aromatic rings. The van der Waals surface area contributed by atoms with Crippen molar-refractivity contribution in [3.05, 3.63) is 59.7 Å². The van der Waals surface area contributed by atoms with Gasteiger partial charge in [0.05, 0.1) is 22.0 Å². The third kappa shape index (κ3) is 2.36. The van der Waals surface area contributed by atoms with Gasteiger partial charge in [0.25, 0.3) is 0 Å². The molecule has 0 atom stereocenters. The second-order valence-electron chi connectivity index (χ2n) is 3.88. The molecule has 0 heterocycles. The van der Waals surface area contributed by atoms with Crippen molar-refractivity contribution in [1.29, 1.82) is 5.26 Å². The predicted molar refractivity (Wildman–Crippen MR) is 69.0 cm³/mol. The summed E-state index contributed by atoms with van der Waals surface area (Å²) in [5.74, 6) is 0. The van der Waals surface area contributed by atoms with Crippen molar-refractivity contribution in [2.45, 2.75) is 16.4 Å². The van der Waals surface area contributed by atoms with Crippen molar-refractivity contribution < 1.29 is 13.5 Å². The summed E-state index contributed by atoms with van der Waals surface area (Å²) in [7, 11) is -3.81. The van der Waals surface area contributed by atoms with Crippen molar-refractivity contribution in [1.82, 2.24) is 0 Å². The van der Waals surface area contributed by atoms with Gasteiger partial charge in [-0.25, -0.2) is 8.42 Å². The quantitative estimate of drug-likeness (QED) is 0.926. The van der Waals surface area contributed by atoms with Gasteiger partial charge >= 0.3 is 0 Å². The molecule has 4 nitrogen and oxygen atoms in total. The van der Waals surface area contributed by atoms with Gasteiger partial charge in [0, 0.05) is 0 Å². The molecule has 0 aromatic heterocycles. The lowest BCUT2D eigenvalue weighted by molar-refractivity contribution is 0.278. The van der Waals surface area contributed by atoms with Gasteiger partial charge in [-0.2, -0.15) is 5.26 Å². The van der Waals surface area contributed by atoms with Crippen LogP contribution in [-0.4, -0.2) is 13.5 Å². The molecule has 5 heteroatoms. The molecule has 1 N–H and O–H groups in total. The molecule has 0 amide bonds. The van der Waals surface area contributed by atoms with Crippen LogP contribution < -0.4 is 0 Å². The van der Waals surface area contributed by atoms with Crippen LogP contribution in [0.2, 0.25) is 0 Å². The van der Waals surface area contributed by atoms with Crippen LogP contribution in [0.25, 0.3) is 0 Å². The van der Waals surface area contributed by atoms with Crippen LogP contribution >= 0.6 is 0 Å². The fraction of sp³-hybridized carbons (Fsp3) is 0.0714. The number of benzene rings is 2. The maximum Gasteiger partial charge on any atom is 0.208 e. The largest absolute Gasteiger partial charge is 0.392 e. The smallest absolute Gasteiger partial charge is 0.208 e. The van der Waals surface area contributed by atoms with E-state index in [2.05, 4.69) is 0 Å². The molecular weight excluding hydrogens is 262 g/mol. The molecule has 0 bridgehead atoms. The Morgan fingerprint density at radius 2 is 1.58 bits per heavy atom. The summed E-state index contributed by atoms with van der Waals surface area (Å²) in [5.41, 5.74) is 0.408. The lowest BCUT2D eigenvalue weighted by atomic mass is 10.2. The summed E-state index contributed by atoms with van der Waals surface area (Å²) >= 11 is 0. The maximum absolute atomic E-state index is 12.5. The van der Waals surface area contributed by atoms with Crippen molar-refractivity contribution in [3.63, 3.8) is 0 Å². The van der Waals surface area contributed by atoms with Crippen LogP contribution in [0.1, 0.15) is 11.1 Å². The Morgan fingerprint density at radius 1 is 1.00 bits per heavy atom. The standard InChI is InChI=1S/C14H11NO3S/c15-9-11-5-1-3-7-13(11)19(17,18)14-8-4-2-6-12(14)10-16/h1-8,16H,10H2. The summed E-state index contributed by atoms with van der Waals surface area (Å²) in [5, 5.41) is 18.2. The zero-order valence-corrected chi connectivity index (χ0v) is 10.8. The highest BCUT2D eigenvalue weighted by molar-refractivity contribution is 7.91. The molecule has 19 heavy (non-hydrogen) atoms. The first-order valence-electron chi connectivity index (χ1n) is 5.54. The monoisotopic (exact) mass is 273 g/mol. The van der Waals surface area contributed by atoms with E-state index < -0.39 is 9.84 Å². The maximum atomic E-state index is 12.5. The second kappa shape index (κ2) is 5.22.